The third kappa shape index (κ3) is 3.47. The SMILES string of the molecule is O=[P@]1(c2ccccc2)Oc2ccccc2N[C@H]1c1ccc(Oc2ccccc2)cc1. The molecule has 0 aromatic heterocycles. The number of benzene rings is 4. The summed E-state index contributed by atoms with van der Waals surface area (Å²) in [4.78, 5) is 0. The maximum atomic E-state index is 14.2. The van der Waals surface area contributed by atoms with E-state index < -0.39 is 13.2 Å². The molecular weight excluding hydrogens is 393 g/mol. The minimum atomic E-state index is -3.26. The molecule has 148 valence electrons. The first kappa shape index (κ1) is 18.5. The summed E-state index contributed by atoms with van der Waals surface area (Å²) in [5.74, 6) is 1.59. The van der Waals surface area contributed by atoms with E-state index in [0.29, 0.717) is 11.1 Å². The van der Waals surface area contributed by atoms with Crippen molar-refractivity contribution in [3.8, 4) is 17.2 Å². The van der Waals surface area contributed by atoms with Gasteiger partial charge in [-0.3, -0.25) is 4.57 Å². The van der Waals surface area contributed by atoms with Gasteiger partial charge in [-0.15, -0.1) is 0 Å². The van der Waals surface area contributed by atoms with Gasteiger partial charge in [0.2, 0.25) is 0 Å². The van der Waals surface area contributed by atoms with E-state index in [1.807, 2.05) is 109 Å². The lowest BCUT2D eigenvalue weighted by Gasteiger charge is -2.35. The van der Waals surface area contributed by atoms with Gasteiger partial charge in [-0.05, 0) is 54.1 Å². The summed E-state index contributed by atoms with van der Waals surface area (Å²) in [6.07, 6.45) is 0. The summed E-state index contributed by atoms with van der Waals surface area (Å²) in [5.41, 5.74) is 1.70. The second-order valence-corrected chi connectivity index (χ2v) is 9.46. The summed E-state index contributed by atoms with van der Waals surface area (Å²) in [7, 11) is -3.26. The van der Waals surface area contributed by atoms with Crippen LogP contribution in [-0.4, -0.2) is 0 Å². The van der Waals surface area contributed by atoms with E-state index in [-0.39, 0.29) is 0 Å². The number of hydrogen-bond donors (Lipinski definition) is 1. The first-order chi connectivity index (χ1) is 14.7. The van der Waals surface area contributed by atoms with Crippen LogP contribution < -0.4 is 19.9 Å². The van der Waals surface area contributed by atoms with Crippen LogP contribution >= 0.6 is 7.37 Å². The van der Waals surface area contributed by atoms with Crippen molar-refractivity contribution in [1.82, 2.24) is 0 Å². The van der Waals surface area contributed by atoms with Crippen LogP contribution in [0.15, 0.2) is 109 Å². The molecule has 1 heterocycles. The van der Waals surface area contributed by atoms with Crippen LogP contribution in [0.3, 0.4) is 0 Å². The van der Waals surface area contributed by atoms with Gasteiger partial charge in [-0.25, -0.2) is 0 Å². The smallest absolute Gasteiger partial charge is 0.303 e. The zero-order chi connectivity index (χ0) is 20.4. The van der Waals surface area contributed by atoms with Gasteiger partial charge >= 0.3 is 7.37 Å². The van der Waals surface area contributed by atoms with Gasteiger partial charge in [-0.1, -0.05) is 60.7 Å². The Bertz CT molecular complexity index is 1190. The van der Waals surface area contributed by atoms with Crippen LogP contribution in [0.25, 0.3) is 0 Å². The Morgan fingerprint density at radius 2 is 1.30 bits per heavy atom. The van der Waals surface area contributed by atoms with Gasteiger partial charge in [0.05, 0.1) is 11.0 Å². The molecule has 1 N–H and O–H groups in total. The third-order valence-corrected chi connectivity index (χ3v) is 7.64. The average molecular weight is 413 g/mol. The highest BCUT2D eigenvalue weighted by Crippen LogP contribution is 2.62. The molecule has 0 spiro atoms. The van der Waals surface area contributed by atoms with Gasteiger partial charge in [0.25, 0.3) is 0 Å². The number of hydrogen-bond acceptors (Lipinski definition) is 4. The van der Waals surface area contributed by atoms with Crippen molar-refractivity contribution in [3.05, 3.63) is 115 Å². The first-order valence-corrected chi connectivity index (χ1v) is 11.5. The summed E-state index contributed by atoms with van der Waals surface area (Å²) in [6.45, 7) is 0. The number of ether oxygens (including phenoxy) is 1. The van der Waals surface area contributed by atoms with Gasteiger partial charge in [0.1, 0.15) is 23.0 Å². The molecule has 0 saturated heterocycles. The van der Waals surface area contributed by atoms with Gasteiger partial charge in [-0.2, -0.15) is 0 Å². The molecule has 0 radical (unpaired) electrons. The van der Waals surface area contributed by atoms with Crippen molar-refractivity contribution >= 4 is 18.4 Å². The molecule has 0 aliphatic carbocycles. The third-order valence-electron chi connectivity index (χ3n) is 5.04. The Hall–Kier alpha value is -3.49. The van der Waals surface area contributed by atoms with Gasteiger partial charge in [0, 0.05) is 0 Å². The zero-order valence-electron chi connectivity index (χ0n) is 16.1. The number of rotatable bonds is 4. The van der Waals surface area contributed by atoms with Crippen LogP contribution in [0.4, 0.5) is 5.69 Å². The predicted molar refractivity (Wildman–Crippen MR) is 120 cm³/mol. The fourth-order valence-corrected chi connectivity index (χ4v) is 5.98. The van der Waals surface area contributed by atoms with Crippen molar-refractivity contribution < 1.29 is 13.8 Å². The van der Waals surface area contributed by atoms with Crippen molar-refractivity contribution in [3.63, 3.8) is 0 Å². The molecule has 30 heavy (non-hydrogen) atoms. The van der Waals surface area contributed by atoms with Crippen molar-refractivity contribution in [2.24, 2.45) is 0 Å². The molecule has 0 fully saturated rings. The number of anilines is 1. The van der Waals surface area contributed by atoms with Crippen molar-refractivity contribution in [2.75, 3.05) is 5.32 Å². The monoisotopic (exact) mass is 413 g/mol. The molecule has 1 aliphatic heterocycles. The molecule has 0 unspecified atom stereocenters. The Morgan fingerprint density at radius 3 is 2.03 bits per heavy atom. The molecule has 0 bridgehead atoms. The second-order valence-electron chi connectivity index (χ2n) is 7.05. The Kier molecular flexibility index (Phi) is 4.78. The van der Waals surface area contributed by atoms with E-state index in [4.69, 9.17) is 9.26 Å². The maximum absolute atomic E-state index is 14.2. The largest absolute Gasteiger partial charge is 0.457 e. The molecule has 5 rings (SSSR count). The maximum Gasteiger partial charge on any atom is 0.303 e. The predicted octanol–water partition coefficient (Wildman–Crippen LogP) is 6.59. The standard InChI is InChI=1S/C25H20NO3P/c27-30(22-11-5-2-6-12-22)25(26-23-13-7-8-14-24(23)29-30)19-15-17-21(18-16-19)28-20-9-3-1-4-10-20/h1-18,25-26H/t25-,30-/m1/s1. The highest BCUT2D eigenvalue weighted by molar-refractivity contribution is 7.67. The summed E-state index contributed by atoms with van der Waals surface area (Å²) in [5, 5.41) is 4.12. The molecule has 4 aromatic rings. The highest BCUT2D eigenvalue weighted by atomic mass is 31.2. The van der Waals surface area contributed by atoms with Crippen LogP contribution in [0.1, 0.15) is 11.3 Å². The molecule has 4 aromatic carbocycles. The normalized spacial score (nSPS) is 19.8. The van der Waals surface area contributed by atoms with Gasteiger partial charge in [0.15, 0.2) is 0 Å². The minimum absolute atomic E-state index is 0.499. The molecule has 2 atom stereocenters. The fourth-order valence-electron chi connectivity index (χ4n) is 3.56. The van der Waals surface area contributed by atoms with E-state index in [0.717, 1.165) is 22.7 Å². The molecular formula is C25H20NO3P. The number of para-hydroxylation sites is 3. The quantitative estimate of drug-likeness (QED) is 0.384. The van der Waals surface area contributed by atoms with E-state index in [1.165, 1.54) is 0 Å². The summed E-state index contributed by atoms with van der Waals surface area (Å²) in [6, 6.07) is 34.2. The van der Waals surface area contributed by atoms with Crippen LogP contribution in [0.5, 0.6) is 17.2 Å². The number of fused-ring (bicyclic) bond motifs is 1. The molecule has 1 aliphatic rings. The van der Waals surface area contributed by atoms with Crippen LogP contribution in [0, 0.1) is 0 Å². The van der Waals surface area contributed by atoms with E-state index in [1.54, 1.807) is 0 Å². The molecule has 0 saturated carbocycles. The Balaban J connectivity index is 1.51. The lowest BCUT2D eigenvalue weighted by Crippen LogP contribution is -2.25. The number of nitrogens with one attached hydrogen (secondary N) is 1. The summed E-state index contributed by atoms with van der Waals surface area (Å²) >= 11 is 0. The van der Waals surface area contributed by atoms with Crippen molar-refractivity contribution in [2.45, 2.75) is 5.78 Å². The fraction of sp³-hybridized carbons (Fsp3) is 0.0400. The highest BCUT2D eigenvalue weighted by Gasteiger charge is 2.42. The Labute approximate surface area is 175 Å². The lowest BCUT2D eigenvalue weighted by atomic mass is 10.2. The van der Waals surface area contributed by atoms with Crippen LogP contribution in [-0.2, 0) is 4.57 Å². The Morgan fingerprint density at radius 1 is 0.700 bits per heavy atom. The molecule has 4 nitrogen and oxygen atoms in total. The van der Waals surface area contributed by atoms with E-state index in [2.05, 4.69) is 5.32 Å². The van der Waals surface area contributed by atoms with E-state index >= 15 is 0 Å². The second kappa shape index (κ2) is 7.74. The first-order valence-electron chi connectivity index (χ1n) is 9.76. The average Bonchev–Trinajstić information content (AvgIpc) is 2.80. The zero-order valence-corrected chi connectivity index (χ0v) is 17.0. The topological polar surface area (TPSA) is 47.6 Å². The van der Waals surface area contributed by atoms with Crippen molar-refractivity contribution in [1.29, 1.82) is 0 Å². The summed E-state index contributed by atoms with van der Waals surface area (Å²) < 4.78 is 26.2. The molecule has 5 heteroatoms. The van der Waals surface area contributed by atoms with Gasteiger partial charge < -0.3 is 14.6 Å². The van der Waals surface area contributed by atoms with E-state index in [9.17, 15) is 4.57 Å². The minimum Gasteiger partial charge on any atom is -0.457 e. The molecule has 0 amide bonds. The lowest BCUT2D eigenvalue weighted by molar-refractivity contribution is 0.475. The van der Waals surface area contributed by atoms with Crippen LogP contribution in [0.2, 0.25) is 0 Å².